The number of hydrogen-bond acceptors (Lipinski definition) is 5. The van der Waals surface area contributed by atoms with Crippen LogP contribution in [0, 0.1) is 0 Å². The first-order valence-corrected chi connectivity index (χ1v) is 8.33. The normalized spacial score (nSPS) is 24.7. The van der Waals surface area contributed by atoms with Gasteiger partial charge < -0.3 is 15.6 Å². The number of pyridine rings is 1. The first-order valence-electron chi connectivity index (χ1n) is 6.39. The maximum Gasteiger partial charge on any atom is 0.424 e. The van der Waals surface area contributed by atoms with Crippen LogP contribution in [0.1, 0.15) is 18.2 Å². The Bertz CT molecular complexity index is 660. The zero-order valence-corrected chi connectivity index (χ0v) is 13.8. The SMILES string of the molecule is CS(=O)N[C@]1(C)COc2c1cc(C(O)(CN)C(F)(F)F)nc2Cl. The Labute approximate surface area is 137 Å². The van der Waals surface area contributed by atoms with Crippen molar-refractivity contribution in [2.45, 2.75) is 24.2 Å². The molecule has 0 aliphatic carbocycles. The van der Waals surface area contributed by atoms with Crippen LogP contribution >= 0.6 is 11.6 Å². The summed E-state index contributed by atoms with van der Waals surface area (Å²) in [6.07, 6.45) is -3.66. The molecule has 1 aliphatic rings. The van der Waals surface area contributed by atoms with Gasteiger partial charge >= 0.3 is 6.18 Å². The Morgan fingerprint density at radius 3 is 2.70 bits per heavy atom. The van der Waals surface area contributed by atoms with Gasteiger partial charge in [-0.05, 0) is 13.0 Å². The van der Waals surface area contributed by atoms with Crippen molar-refractivity contribution < 1.29 is 27.2 Å². The number of aliphatic hydroxyl groups is 1. The van der Waals surface area contributed by atoms with Gasteiger partial charge in [0.05, 0.1) is 22.2 Å². The number of alkyl halides is 3. The molecule has 2 unspecified atom stereocenters. The van der Waals surface area contributed by atoms with Crippen LogP contribution in [0.2, 0.25) is 5.15 Å². The number of aromatic nitrogens is 1. The van der Waals surface area contributed by atoms with E-state index in [0.29, 0.717) is 0 Å². The third-order valence-corrected chi connectivity index (χ3v) is 4.58. The minimum Gasteiger partial charge on any atom is -0.488 e. The topological polar surface area (TPSA) is 97.5 Å². The van der Waals surface area contributed by atoms with Gasteiger partial charge in [-0.25, -0.2) is 13.9 Å². The number of nitrogens with two attached hydrogens (primary N) is 1. The highest BCUT2D eigenvalue weighted by atomic mass is 35.5. The van der Waals surface area contributed by atoms with Gasteiger partial charge in [-0.15, -0.1) is 0 Å². The van der Waals surface area contributed by atoms with Gasteiger partial charge in [-0.3, -0.25) is 0 Å². The van der Waals surface area contributed by atoms with E-state index in [1.165, 1.54) is 6.26 Å². The largest absolute Gasteiger partial charge is 0.488 e. The second kappa shape index (κ2) is 5.85. The van der Waals surface area contributed by atoms with Gasteiger partial charge in [-0.1, -0.05) is 11.6 Å². The number of ether oxygens (including phenoxy) is 1. The molecule has 6 nitrogen and oxygen atoms in total. The highest BCUT2D eigenvalue weighted by Crippen LogP contribution is 2.45. The first-order chi connectivity index (χ1) is 10.4. The minimum atomic E-state index is -5.04. The van der Waals surface area contributed by atoms with Crippen molar-refractivity contribution in [3.05, 3.63) is 22.5 Å². The number of fused-ring (bicyclic) bond motifs is 1. The molecular formula is C12H15ClF3N3O3S. The molecule has 2 rings (SSSR count). The summed E-state index contributed by atoms with van der Waals surface area (Å²) in [6, 6.07) is 1.02. The molecule has 0 saturated heterocycles. The minimum absolute atomic E-state index is 0.000161. The summed E-state index contributed by atoms with van der Waals surface area (Å²) >= 11 is 5.89. The van der Waals surface area contributed by atoms with Crippen molar-refractivity contribution in [1.82, 2.24) is 9.71 Å². The van der Waals surface area contributed by atoms with Crippen molar-refractivity contribution in [2.75, 3.05) is 19.4 Å². The summed E-state index contributed by atoms with van der Waals surface area (Å²) in [5.41, 5.74) is 0.211. The molecule has 4 N–H and O–H groups in total. The second-order valence-electron chi connectivity index (χ2n) is 5.41. The van der Waals surface area contributed by atoms with Crippen LogP contribution in [0.15, 0.2) is 6.07 Å². The summed E-state index contributed by atoms with van der Waals surface area (Å²) in [4.78, 5) is 3.59. The van der Waals surface area contributed by atoms with E-state index in [1.54, 1.807) is 6.92 Å². The summed E-state index contributed by atoms with van der Waals surface area (Å²) < 4.78 is 59.0. The number of hydrogen-bond donors (Lipinski definition) is 3. The van der Waals surface area contributed by atoms with Crippen molar-refractivity contribution in [1.29, 1.82) is 0 Å². The molecule has 130 valence electrons. The third kappa shape index (κ3) is 3.05. The summed E-state index contributed by atoms with van der Waals surface area (Å²) in [5, 5.41) is 9.61. The maximum atomic E-state index is 13.2. The molecule has 2 heterocycles. The molecule has 0 fully saturated rings. The molecule has 0 aromatic carbocycles. The average Bonchev–Trinajstić information content (AvgIpc) is 2.73. The quantitative estimate of drug-likeness (QED) is 0.682. The van der Waals surface area contributed by atoms with E-state index in [-0.39, 0.29) is 23.1 Å². The van der Waals surface area contributed by atoms with Crippen molar-refractivity contribution in [3.8, 4) is 5.75 Å². The number of nitrogens with one attached hydrogen (secondary N) is 1. The van der Waals surface area contributed by atoms with Gasteiger partial charge in [0.15, 0.2) is 10.9 Å². The molecular weight excluding hydrogens is 359 g/mol. The fraction of sp³-hybridized carbons (Fsp3) is 0.583. The maximum absolute atomic E-state index is 13.2. The van der Waals surface area contributed by atoms with E-state index < -0.39 is 40.5 Å². The zero-order chi connectivity index (χ0) is 17.6. The Balaban J connectivity index is 2.62. The van der Waals surface area contributed by atoms with Crippen LogP contribution in [0.4, 0.5) is 13.2 Å². The van der Waals surface area contributed by atoms with E-state index in [1.807, 2.05) is 0 Å². The molecule has 0 amide bonds. The Kier molecular flexibility index (Phi) is 4.68. The molecule has 1 aromatic heterocycles. The van der Waals surface area contributed by atoms with Gasteiger partial charge in [0.1, 0.15) is 6.61 Å². The summed E-state index contributed by atoms with van der Waals surface area (Å²) in [6.45, 7) is 0.471. The molecule has 11 heteroatoms. The lowest BCUT2D eigenvalue weighted by Crippen LogP contribution is -2.49. The molecule has 0 radical (unpaired) electrons. The van der Waals surface area contributed by atoms with E-state index in [2.05, 4.69) is 9.71 Å². The van der Waals surface area contributed by atoms with Crippen molar-refractivity contribution in [2.24, 2.45) is 5.73 Å². The smallest absolute Gasteiger partial charge is 0.424 e. The number of rotatable bonds is 4. The zero-order valence-electron chi connectivity index (χ0n) is 12.2. The van der Waals surface area contributed by atoms with Crippen LogP contribution in [0.3, 0.4) is 0 Å². The van der Waals surface area contributed by atoms with E-state index in [0.717, 1.165) is 6.07 Å². The second-order valence-corrected chi connectivity index (χ2v) is 6.88. The number of halogens is 4. The van der Waals surface area contributed by atoms with Crippen LogP contribution in [-0.2, 0) is 22.1 Å². The predicted molar refractivity (Wildman–Crippen MR) is 78.3 cm³/mol. The molecule has 0 spiro atoms. The summed E-state index contributed by atoms with van der Waals surface area (Å²) in [5.74, 6) is 0.0809. The Hall–Kier alpha value is -0.940. The highest BCUT2D eigenvalue weighted by molar-refractivity contribution is 7.82. The van der Waals surface area contributed by atoms with Crippen molar-refractivity contribution in [3.63, 3.8) is 0 Å². The molecule has 1 aromatic rings. The fourth-order valence-electron chi connectivity index (χ4n) is 2.32. The summed E-state index contributed by atoms with van der Waals surface area (Å²) in [7, 11) is -1.46. The van der Waals surface area contributed by atoms with Gasteiger partial charge in [0, 0.05) is 18.4 Å². The molecule has 3 atom stereocenters. The highest BCUT2D eigenvalue weighted by Gasteiger charge is 2.56. The third-order valence-electron chi connectivity index (χ3n) is 3.59. The molecule has 0 saturated carbocycles. The monoisotopic (exact) mass is 373 g/mol. The Morgan fingerprint density at radius 1 is 1.61 bits per heavy atom. The van der Waals surface area contributed by atoms with Gasteiger partial charge in [0.25, 0.3) is 0 Å². The van der Waals surface area contributed by atoms with E-state index >= 15 is 0 Å². The van der Waals surface area contributed by atoms with Crippen LogP contribution < -0.4 is 15.2 Å². The molecule has 23 heavy (non-hydrogen) atoms. The van der Waals surface area contributed by atoms with Crippen LogP contribution in [-0.4, -0.2) is 39.9 Å². The predicted octanol–water partition coefficient (Wildman–Crippen LogP) is 0.934. The van der Waals surface area contributed by atoms with Crippen LogP contribution in [0.5, 0.6) is 5.75 Å². The fourth-order valence-corrected chi connectivity index (χ4v) is 3.37. The lowest BCUT2D eigenvalue weighted by molar-refractivity contribution is -0.263. The van der Waals surface area contributed by atoms with Gasteiger partial charge in [0.2, 0.25) is 5.60 Å². The van der Waals surface area contributed by atoms with Crippen LogP contribution in [0.25, 0.3) is 0 Å². The lowest BCUT2D eigenvalue weighted by atomic mass is 9.91. The van der Waals surface area contributed by atoms with Crippen molar-refractivity contribution >= 4 is 22.6 Å². The molecule has 0 bridgehead atoms. The molecule has 1 aliphatic heterocycles. The Morgan fingerprint density at radius 2 is 2.22 bits per heavy atom. The first kappa shape index (κ1) is 18.4. The van der Waals surface area contributed by atoms with Gasteiger partial charge in [-0.2, -0.15) is 13.2 Å². The average molecular weight is 374 g/mol. The standard InChI is InChI=1S/C12H15ClF3N3O3S/c1-10(19-23(2)21)5-22-8-6(10)3-7(18-9(8)13)11(20,4-17)12(14,15)16/h3,19-20H,4-5,17H2,1-2H3/t10-,11?,23?/m1/s1. The number of nitrogens with zero attached hydrogens (tertiary/aromatic N) is 1. The lowest BCUT2D eigenvalue weighted by Gasteiger charge is -2.30. The van der Waals surface area contributed by atoms with E-state index in [4.69, 9.17) is 22.1 Å². The van der Waals surface area contributed by atoms with E-state index in [9.17, 15) is 22.5 Å².